The molecule has 2 unspecified atom stereocenters. The molecule has 1 saturated heterocycles. The van der Waals surface area contributed by atoms with Gasteiger partial charge in [-0.15, -0.1) is 11.3 Å². The summed E-state index contributed by atoms with van der Waals surface area (Å²) in [5.41, 5.74) is 0.151. The van der Waals surface area contributed by atoms with E-state index in [4.69, 9.17) is 4.74 Å². The van der Waals surface area contributed by atoms with Crippen LogP contribution in [0.3, 0.4) is 0 Å². The highest BCUT2D eigenvalue weighted by Crippen LogP contribution is 2.31. The van der Waals surface area contributed by atoms with Gasteiger partial charge in [0, 0.05) is 5.39 Å². The summed E-state index contributed by atoms with van der Waals surface area (Å²) in [6.07, 6.45) is -0.518. The third-order valence-corrected chi connectivity index (χ3v) is 5.32. The van der Waals surface area contributed by atoms with Crippen LogP contribution in [0.4, 0.5) is 0 Å². The van der Waals surface area contributed by atoms with Gasteiger partial charge in [-0.1, -0.05) is 13.8 Å². The number of methoxy groups -OCH3 is 1. The Hall–Kier alpha value is -1.99. The van der Waals surface area contributed by atoms with E-state index in [0.29, 0.717) is 11.3 Å². The van der Waals surface area contributed by atoms with Crippen LogP contribution in [0, 0.1) is 5.92 Å². The molecule has 1 fully saturated rings. The normalized spacial score (nSPS) is 24.2. The Kier molecular flexibility index (Phi) is 3.85. The first-order valence-electron chi connectivity index (χ1n) is 7.42. The van der Waals surface area contributed by atoms with Crippen LogP contribution in [-0.4, -0.2) is 29.5 Å². The summed E-state index contributed by atoms with van der Waals surface area (Å²) in [5, 5.41) is 8.99. The molecule has 0 aliphatic carbocycles. The van der Waals surface area contributed by atoms with Gasteiger partial charge in [0.2, 0.25) is 5.91 Å². The number of nitrogens with one attached hydrogen (secondary N) is 2. The molecule has 122 valence electrons. The third kappa shape index (κ3) is 2.49. The Morgan fingerprint density at radius 2 is 2.22 bits per heavy atom. The highest BCUT2D eigenvalue weighted by atomic mass is 32.1. The average Bonchev–Trinajstić information content (AvgIpc) is 3.10. The van der Waals surface area contributed by atoms with Crippen molar-refractivity contribution >= 4 is 33.4 Å². The zero-order valence-electron chi connectivity index (χ0n) is 13.5. The molecule has 1 aliphatic rings. The Morgan fingerprint density at radius 1 is 1.48 bits per heavy atom. The Labute approximate surface area is 138 Å². The lowest BCUT2D eigenvalue weighted by Gasteiger charge is -2.26. The van der Waals surface area contributed by atoms with Crippen molar-refractivity contribution < 1.29 is 14.3 Å². The number of carbonyl (C=O) groups is 2. The standard InChI is InChI=1S/C16H19N3O3S/c1-8(2)16(3)15(21)18-12(19-16)11-10(14(20)22-4)7-9-5-6-23-13(9)17-11/h5-8,12,19H,1-4H3,(H,18,21). The van der Waals surface area contributed by atoms with Crippen LogP contribution >= 0.6 is 11.3 Å². The molecule has 1 amide bonds. The first-order valence-corrected chi connectivity index (χ1v) is 8.30. The minimum absolute atomic E-state index is 0.0959. The lowest BCUT2D eigenvalue weighted by Crippen LogP contribution is -2.48. The van der Waals surface area contributed by atoms with Crippen molar-refractivity contribution in [2.24, 2.45) is 5.92 Å². The molecule has 0 spiro atoms. The second-order valence-corrected chi connectivity index (χ2v) is 7.03. The van der Waals surface area contributed by atoms with E-state index in [1.807, 2.05) is 32.2 Å². The maximum absolute atomic E-state index is 12.4. The molecular formula is C16H19N3O3S. The number of amides is 1. The fourth-order valence-corrected chi connectivity index (χ4v) is 3.41. The molecule has 2 atom stereocenters. The summed E-state index contributed by atoms with van der Waals surface area (Å²) >= 11 is 1.49. The molecule has 2 N–H and O–H groups in total. The largest absolute Gasteiger partial charge is 0.465 e. The second-order valence-electron chi connectivity index (χ2n) is 6.14. The van der Waals surface area contributed by atoms with Gasteiger partial charge in [0.25, 0.3) is 0 Å². The van der Waals surface area contributed by atoms with Crippen molar-refractivity contribution in [1.82, 2.24) is 15.6 Å². The van der Waals surface area contributed by atoms with Gasteiger partial charge in [-0.25, -0.2) is 9.78 Å². The summed E-state index contributed by atoms with van der Waals surface area (Å²) in [6, 6.07) is 3.67. The Balaban J connectivity index is 2.08. The van der Waals surface area contributed by atoms with Crippen molar-refractivity contribution in [3.05, 3.63) is 28.8 Å². The predicted octanol–water partition coefficient (Wildman–Crippen LogP) is 2.22. The van der Waals surface area contributed by atoms with Gasteiger partial charge in [-0.05, 0) is 30.4 Å². The van der Waals surface area contributed by atoms with Gasteiger partial charge < -0.3 is 10.1 Å². The molecule has 3 rings (SSSR count). The number of hydrogen-bond donors (Lipinski definition) is 2. The van der Waals surface area contributed by atoms with E-state index in [2.05, 4.69) is 15.6 Å². The number of ether oxygens (including phenoxy) is 1. The first-order chi connectivity index (χ1) is 10.9. The summed E-state index contributed by atoms with van der Waals surface area (Å²) < 4.78 is 4.87. The molecule has 0 bridgehead atoms. The topological polar surface area (TPSA) is 80.3 Å². The van der Waals surface area contributed by atoms with E-state index in [-0.39, 0.29) is 11.8 Å². The molecule has 7 heteroatoms. The maximum atomic E-state index is 12.4. The molecule has 2 aromatic heterocycles. The molecule has 3 heterocycles. The zero-order valence-corrected chi connectivity index (χ0v) is 14.3. The fourth-order valence-electron chi connectivity index (χ4n) is 2.65. The van der Waals surface area contributed by atoms with Crippen LogP contribution in [0.5, 0.6) is 0 Å². The van der Waals surface area contributed by atoms with Gasteiger partial charge in [0.1, 0.15) is 11.0 Å². The van der Waals surface area contributed by atoms with Gasteiger partial charge in [0.05, 0.1) is 23.9 Å². The molecular weight excluding hydrogens is 314 g/mol. The third-order valence-electron chi connectivity index (χ3n) is 4.50. The van der Waals surface area contributed by atoms with Gasteiger partial charge in [0.15, 0.2) is 0 Å². The summed E-state index contributed by atoms with van der Waals surface area (Å²) in [6.45, 7) is 5.81. The van der Waals surface area contributed by atoms with Crippen molar-refractivity contribution in [3.8, 4) is 0 Å². The lowest BCUT2D eigenvalue weighted by atomic mass is 9.89. The van der Waals surface area contributed by atoms with E-state index >= 15 is 0 Å². The number of carbonyl (C=O) groups excluding carboxylic acids is 2. The summed E-state index contributed by atoms with van der Waals surface area (Å²) in [4.78, 5) is 29.9. The van der Waals surface area contributed by atoms with Crippen LogP contribution in [0.15, 0.2) is 17.5 Å². The summed E-state index contributed by atoms with van der Waals surface area (Å²) in [5.74, 6) is -0.462. The van der Waals surface area contributed by atoms with Crippen LogP contribution < -0.4 is 10.6 Å². The number of thiophene rings is 1. The zero-order chi connectivity index (χ0) is 16.8. The number of aromatic nitrogens is 1. The molecule has 6 nitrogen and oxygen atoms in total. The van der Waals surface area contributed by atoms with E-state index < -0.39 is 17.7 Å². The van der Waals surface area contributed by atoms with E-state index in [1.54, 1.807) is 6.07 Å². The SMILES string of the molecule is COC(=O)c1cc2ccsc2nc1C1NC(=O)C(C)(C(C)C)N1. The lowest BCUT2D eigenvalue weighted by molar-refractivity contribution is -0.125. The number of pyridine rings is 1. The summed E-state index contributed by atoms with van der Waals surface area (Å²) in [7, 11) is 1.34. The minimum Gasteiger partial charge on any atom is -0.465 e. The molecule has 0 aromatic carbocycles. The highest BCUT2D eigenvalue weighted by molar-refractivity contribution is 7.16. The number of esters is 1. The number of fused-ring (bicyclic) bond motifs is 1. The number of nitrogens with zero attached hydrogens (tertiary/aromatic N) is 1. The fraction of sp³-hybridized carbons (Fsp3) is 0.438. The van der Waals surface area contributed by atoms with Gasteiger partial charge in [-0.3, -0.25) is 10.1 Å². The minimum atomic E-state index is -0.704. The highest BCUT2D eigenvalue weighted by Gasteiger charge is 2.46. The van der Waals surface area contributed by atoms with Crippen LogP contribution in [0.25, 0.3) is 10.2 Å². The molecule has 0 saturated carbocycles. The van der Waals surface area contributed by atoms with Gasteiger partial charge >= 0.3 is 5.97 Å². The quantitative estimate of drug-likeness (QED) is 0.842. The smallest absolute Gasteiger partial charge is 0.339 e. The second kappa shape index (κ2) is 5.58. The Bertz CT molecular complexity index is 786. The van der Waals surface area contributed by atoms with Crippen LogP contribution in [0.1, 0.15) is 43.0 Å². The molecule has 1 aliphatic heterocycles. The molecule has 0 radical (unpaired) electrons. The monoisotopic (exact) mass is 333 g/mol. The predicted molar refractivity (Wildman–Crippen MR) is 88.2 cm³/mol. The van der Waals surface area contributed by atoms with Crippen molar-refractivity contribution in [2.75, 3.05) is 7.11 Å². The van der Waals surface area contributed by atoms with Gasteiger partial charge in [-0.2, -0.15) is 0 Å². The van der Waals surface area contributed by atoms with E-state index in [1.165, 1.54) is 18.4 Å². The average molecular weight is 333 g/mol. The molecule has 2 aromatic rings. The van der Waals surface area contributed by atoms with Crippen molar-refractivity contribution in [1.29, 1.82) is 0 Å². The number of rotatable bonds is 3. The van der Waals surface area contributed by atoms with Crippen LogP contribution in [-0.2, 0) is 9.53 Å². The van der Waals surface area contributed by atoms with E-state index in [9.17, 15) is 9.59 Å². The maximum Gasteiger partial charge on any atom is 0.339 e. The van der Waals surface area contributed by atoms with E-state index in [0.717, 1.165) is 10.2 Å². The van der Waals surface area contributed by atoms with Crippen LogP contribution in [0.2, 0.25) is 0 Å². The number of hydrogen-bond acceptors (Lipinski definition) is 6. The first kappa shape index (κ1) is 15.9. The van der Waals surface area contributed by atoms with Crippen molar-refractivity contribution in [3.63, 3.8) is 0 Å². The molecule has 23 heavy (non-hydrogen) atoms. The Morgan fingerprint density at radius 3 is 2.83 bits per heavy atom. The van der Waals surface area contributed by atoms with Crippen molar-refractivity contribution in [2.45, 2.75) is 32.5 Å².